The number of hydrogen-bond acceptors (Lipinski definition) is 4. The highest BCUT2D eigenvalue weighted by molar-refractivity contribution is 7.90. The summed E-state index contributed by atoms with van der Waals surface area (Å²) in [7, 11) is -5.26. The van der Waals surface area contributed by atoms with Gasteiger partial charge in [0.1, 0.15) is 0 Å². The van der Waals surface area contributed by atoms with Crippen LogP contribution in [0, 0.1) is 0 Å². The van der Waals surface area contributed by atoms with Gasteiger partial charge in [0.2, 0.25) is 5.91 Å². The Bertz CT molecular complexity index is 495. The van der Waals surface area contributed by atoms with Gasteiger partial charge in [-0.2, -0.15) is 21.6 Å². The molecule has 1 amide bonds. The monoisotopic (exact) mass is 405 g/mol. The smallest absolute Gasteiger partial charge is 0.420 e. The van der Waals surface area contributed by atoms with E-state index in [-0.39, 0.29) is 6.42 Å². The second-order valence-electron chi connectivity index (χ2n) is 6.77. The molecule has 25 heavy (non-hydrogen) atoms. The van der Waals surface area contributed by atoms with Gasteiger partial charge in [0.25, 0.3) is 0 Å². The molecule has 0 aliphatic heterocycles. The standard InChI is InChI=1S/C15H30F3NO4SSi/c1-23-25(2,3)13-11-9-7-5-4-6-8-10-12-14(20)19-24(21,22)15(16,17)18/h4-13H2,1-3H3,(H,19,20). The van der Waals surface area contributed by atoms with E-state index < -0.39 is 29.8 Å². The predicted molar refractivity (Wildman–Crippen MR) is 94.0 cm³/mol. The van der Waals surface area contributed by atoms with E-state index in [1.165, 1.54) is 6.42 Å². The SMILES string of the molecule is CO[Si](C)(C)CCCCCCCCCCC(=O)NS(=O)(=O)C(F)(F)F. The van der Waals surface area contributed by atoms with E-state index in [9.17, 15) is 26.4 Å². The lowest BCUT2D eigenvalue weighted by atomic mass is 10.1. The van der Waals surface area contributed by atoms with Crippen molar-refractivity contribution >= 4 is 24.2 Å². The first-order valence-electron chi connectivity index (χ1n) is 8.58. The van der Waals surface area contributed by atoms with E-state index in [1.54, 1.807) is 7.11 Å². The molecule has 0 aliphatic rings. The number of rotatable bonds is 13. The summed E-state index contributed by atoms with van der Waals surface area (Å²) in [6.45, 7) is 4.40. The number of halogens is 3. The van der Waals surface area contributed by atoms with Gasteiger partial charge in [0.15, 0.2) is 8.32 Å². The maximum absolute atomic E-state index is 12.1. The molecule has 0 aromatic heterocycles. The van der Waals surface area contributed by atoms with E-state index in [4.69, 9.17) is 4.43 Å². The van der Waals surface area contributed by atoms with E-state index in [2.05, 4.69) is 13.1 Å². The number of nitrogens with one attached hydrogen (secondary N) is 1. The summed E-state index contributed by atoms with van der Waals surface area (Å²) in [5.74, 6) is -1.11. The van der Waals surface area contributed by atoms with E-state index in [0.717, 1.165) is 42.9 Å². The maximum Gasteiger partial charge on any atom is 0.516 e. The topological polar surface area (TPSA) is 72.5 Å². The first-order chi connectivity index (χ1) is 11.4. The maximum atomic E-state index is 12.1. The molecule has 0 aromatic rings. The van der Waals surface area contributed by atoms with Crippen molar-refractivity contribution in [2.24, 2.45) is 0 Å². The minimum absolute atomic E-state index is 0.216. The van der Waals surface area contributed by atoms with Crippen LogP contribution in [0.25, 0.3) is 0 Å². The molecule has 0 unspecified atom stereocenters. The molecule has 0 fully saturated rings. The molecule has 150 valence electrons. The van der Waals surface area contributed by atoms with Crippen LogP contribution in [0.15, 0.2) is 0 Å². The van der Waals surface area contributed by atoms with Crippen molar-refractivity contribution < 1.29 is 30.8 Å². The van der Waals surface area contributed by atoms with Crippen LogP contribution in [0.4, 0.5) is 13.2 Å². The number of carbonyl (C=O) groups excluding carboxylic acids is 1. The number of unbranched alkanes of at least 4 members (excludes halogenated alkanes) is 7. The third kappa shape index (κ3) is 11.6. The summed E-state index contributed by atoms with van der Waals surface area (Å²) in [5.41, 5.74) is -5.45. The Kier molecular flexibility index (Phi) is 10.9. The van der Waals surface area contributed by atoms with Crippen LogP contribution >= 0.6 is 0 Å². The number of carbonyl (C=O) groups is 1. The highest BCUT2D eigenvalue weighted by atomic mass is 32.2. The fraction of sp³-hybridized carbons (Fsp3) is 0.933. The first kappa shape index (κ1) is 24.4. The molecule has 0 spiro atoms. The van der Waals surface area contributed by atoms with Crippen LogP contribution in [0.5, 0.6) is 0 Å². The molecule has 0 heterocycles. The van der Waals surface area contributed by atoms with E-state index in [0.29, 0.717) is 12.8 Å². The van der Waals surface area contributed by atoms with Crippen LogP contribution < -0.4 is 4.72 Å². The number of hydrogen-bond donors (Lipinski definition) is 1. The zero-order valence-corrected chi connectivity index (χ0v) is 17.1. The average molecular weight is 406 g/mol. The van der Waals surface area contributed by atoms with Crippen LogP contribution in [-0.4, -0.2) is 35.3 Å². The third-order valence-corrected chi connectivity index (χ3v) is 7.81. The van der Waals surface area contributed by atoms with Gasteiger partial charge in [-0.15, -0.1) is 0 Å². The normalized spacial score (nSPS) is 13.0. The fourth-order valence-corrected chi connectivity index (χ4v) is 4.08. The Morgan fingerprint density at radius 1 is 0.960 bits per heavy atom. The van der Waals surface area contributed by atoms with Gasteiger partial charge >= 0.3 is 15.5 Å². The summed E-state index contributed by atoms with van der Waals surface area (Å²) in [6, 6.07) is 1.15. The molecule has 0 saturated heterocycles. The van der Waals surface area contributed by atoms with Gasteiger partial charge in [-0.3, -0.25) is 4.79 Å². The van der Waals surface area contributed by atoms with Crippen molar-refractivity contribution in [3.8, 4) is 0 Å². The molecule has 5 nitrogen and oxygen atoms in total. The number of amides is 1. The molecule has 0 bridgehead atoms. The second-order valence-corrected chi connectivity index (χ2v) is 12.9. The lowest BCUT2D eigenvalue weighted by Crippen LogP contribution is -2.40. The van der Waals surface area contributed by atoms with Gasteiger partial charge < -0.3 is 4.43 Å². The van der Waals surface area contributed by atoms with Crippen molar-refractivity contribution in [1.82, 2.24) is 4.72 Å². The molecule has 0 radical (unpaired) electrons. The average Bonchev–Trinajstić information content (AvgIpc) is 2.47. The molecule has 0 atom stereocenters. The number of alkyl halides is 3. The Balaban J connectivity index is 3.61. The Labute approximate surface area is 149 Å². The Morgan fingerprint density at radius 3 is 1.84 bits per heavy atom. The Morgan fingerprint density at radius 2 is 1.40 bits per heavy atom. The van der Waals surface area contributed by atoms with E-state index >= 15 is 0 Å². The third-order valence-electron chi connectivity index (χ3n) is 4.04. The van der Waals surface area contributed by atoms with Crippen LogP contribution in [0.3, 0.4) is 0 Å². The lowest BCUT2D eigenvalue weighted by molar-refractivity contribution is -0.120. The molecular weight excluding hydrogens is 375 g/mol. The second kappa shape index (κ2) is 11.2. The van der Waals surface area contributed by atoms with Crippen molar-refractivity contribution in [3.63, 3.8) is 0 Å². The van der Waals surface area contributed by atoms with Gasteiger partial charge in [0.05, 0.1) is 0 Å². The summed E-state index contributed by atoms with van der Waals surface area (Å²) in [6.07, 6.45) is 7.31. The minimum Gasteiger partial charge on any atom is -0.420 e. The zero-order valence-electron chi connectivity index (χ0n) is 15.2. The zero-order chi connectivity index (χ0) is 19.6. The van der Waals surface area contributed by atoms with Gasteiger partial charge in [-0.1, -0.05) is 44.9 Å². The minimum atomic E-state index is -5.58. The summed E-state index contributed by atoms with van der Waals surface area (Å²) < 4.78 is 64.3. The molecule has 0 saturated carbocycles. The van der Waals surface area contributed by atoms with Crippen LogP contribution in [0.2, 0.25) is 19.1 Å². The van der Waals surface area contributed by atoms with Crippen molar-refractivity contribution in [2.45, 2.75) is 82.4 Å². The molecule has 1 N–H and O–H groups in total. The molecule has 0 rings (SSSR count). The van der Waals surface area contributed by atoms with Crippen molar-refractivity contribution in [3.05, 3.63) is 0 Å². The first-order valence-corrected chi connectivity index (χ1v) is 13.2. The summed E-state index contributed by atoms with van der Waals surface area (Å²) in [4.78, 5) is 11.2. The summed E-state index contributed by atoms with van der Waals surface area (Å²) in [5, 5.41) is 0. The molecule has 0 aromatic carbocycles. The molecular formula is C15H30F3NO4SSi. The predicted octanol–water partition coefficient (Wildman–Crippen LogP) is 4.31. The van der Waals surface area contributed by atoms with E-state index in [1.807, 2.05) is 0 Å². The van der Waals surface area contributed by atoms with Gasteiger partial charge in [0, 0.05) is 13.5 Å². The van der Waals surface area contributed by atoms with Crippen molar-refractivity contribution in [1.29, 1.82) is 0 Å². The van der Waals surface area contributed by atoms with Crippen LogP contribution in [0.1, 0.15) is 57.8 Å². The quantitative estimate of drug-likeness (QED) is 0.366. The largest absolute Gasteiger partial charge is 0.516 e. The van der Waals surface area contributed by atoms with Gasteiger partial charge in [-0.05, 0) is 25.6 Å². The fourth-order valence-electron chi connectivity index (χ4n) is 2.26. The van der Waals surface area contributed by atoms with Gasteiger partial charge in [-0.25, -0.2) is 4.72 Å². The highest BCUT2D eigenvalue weighted by Gasteiger charge is 2.46. The highest BCUT2D eigenvalue weighted by Crippen LogP contribution is 2.21. The van der Waals surface area contributed by atoms with Crippen LogP contribution in [-0.2, 0) is 19.2 Å². The Hall–Kier alpha value is -0.613. The number of sulfonamides is 1. The van der Waals surface area contributed by atoms with Crippen molar-refractivity contribution in [2.75, 3.05) is 7.11 Å². The summed E-state index contributed by atoms with van der Waals surface area (Å²) >= 11 is 0. The molecule has 10 heteroatoms. The lowest BCUT2D eigenvalue weighted by Gasteiger charge is -2.19. The molecule has 0 aliphatic carbocycles.